The molecule has 0 atom stereocenters. The predicted octanol–water partition coefficient (Wildman–Crippen LogP) is 3.24. The van der Waals surface area contributed by atoms with Crippen LogP contribution in [-0.2, 0) is 0 Å². The van der Waals surface area contributed by atoms with E-state index in [1.807, 2.05) is 24.4 Å². The molecule has 1 heterocycles. The second kappa shape index (κ2) is 3.13. The fraction of sp³-hybridized carbons (Fsp3) is 0.308. The van der Waals surface area contributed by atoms with Crippen LogP contribution < -0.4 is 0 Å². The Morgan fingerprint density at radius 2 is 2.07 bits per heavy atom. The molecule has 0 saturated heterocycles. The summed E-state index contributed by atoms with van der Waals surface area (Å²) in [7, 11) is 0. The highest BCUT2D eigenvalue weighted by Crippen LogP contribution is 2.35. The Balaban J connectivity index is 2.26. The topological polar surface area (TPSA) is 28.7 Å². The van der Waals surface area contributed by atoms with Gasteiger partial charge in [0.2, 0.25) is 0 Å². The van der Waals surface area contributed by atoms with Crippen molar-refractivity contribution in [1.29, 1.82) is 5.26 Å². The van der Waals surface area contributed by atoms with Gasteiger partial charge < -0.3 is 4.57 Å². The maximum Gasteiger partial charge on any atom is 0.101 e. The molecule has 0 radical (unpaired) electrons. The average molecular weight is 196 g/mol. The molecular weight excluding hydrogens is 184 g/mol. The Kier molecular flexibility index (Phi) is 1.78. The van der Waals surface area contributed by atoms with Crippen molar-refractivity contribution in [1.82, 2.24) is 4.57 Å². The average Bonchev–Trinajstić information content (AvgIpc) is 2.55. The van der Waals surface area contributed by atoms with Crippen molar-refractivity contribution in [2.75, 3.05) is 0 Å². The molecule has 1 aromatic carbocycles. The number of para-hydroxylation sites is 1. The molecule has 15 heavy (non-hydrogen) atoms. The van der Waals surface area contributed by atoms with Crippen LogP contribution >= 0.6 is 0 Å². The fourth-order valence-corrected chi connectivity index (χ4v) is 2.26. The number of hydrogen-bond donors (Lipinski definition) is 0. The summed E-state index contributed by atoms with van der Waals surface area (Å²) in [4.78, 5) is 0. The quantitative estimate of drug-likeness (QED) is 0.688. The highest BCUT2D eigenvalue weighted by molar-refractivity contribution is 5.86. The van der Waals surface area contributed by atoms with Gasteiger partial charge in [-0.1, -0.05) is 18.2 Å². The molecule has 0 N–H and O–H groups in total. The van der Waals surface area contributed by atoms with E-state index in [0.29, 0.717) is 6.04 Å². The molecule has 2 nitrogen and oxygen atoms in total. The maximum absolute atomic E-state index is 9.06. The van der Waals surface area contributed by atoms with E-state index in [-0.39, 0.29) is 0 Å². The molecule has 1 aliphatic carbocycles. The van der Waals surface area contributed by atoms with E-state index in [4.69, 9.17) is 5.26 Å². The van der Waals surface area contributed by atoms with Crippen LogP contribution in [-0.4, -0.2) is 4.57 Å². The molecule has 0 spiro atoms. The molecule has 0 amide bonds. The number of nitriles is 1. The molecule has 0 bridgehead atoms. The van der Waals surface area contributed by atoms with E-state index in [0.717, 1.165) is 10.9 Å². The van der Waals surface area contributed by atoms with Crippen LogP contribution in [0, 0.1) is 11.3 Å². The van der Waals surface area contributed by atoms with Crippen molar-refractivity contribution in [2.45, 2.75) is 25.3 Å². The zero-order valence-electron chi connectivity index (χ0n) is 8.48. The molecule has 1 aromatic heterocycles. The van der Waals surface area contributed by atoms with Crippen LogP contribution in [0.5, 0.6) is 0 Å². The molecule has 2 aromatic rings. The maximum atomic E-state index is 9.06. The van der Waals surface area contributed by atoms with Gasteiger partial charge in [0.25, 0.3) is 0 Å². The van der Waals surface area contributed by atoms with E-state index in [2.05, 4.69) is 16.7 Å². The predicted molar refractivity (Wildman–Crippen MR) is 59.5 cm³/mol. The lowest BCUT2D eigenvalue weighted by Gasteiger charge is -2.27. The monoisotopic (exact) mass is 196 g/mol. The molecule has 3 rings (SSSR count). The third kappa shape index (κ3) is 1.16. The minimum absolute atomic E-state index is 0.622. The van der Waals surface area contributed by atoms with Gasteiger partial charge in [0, 0.05) is 23.1 Å². The molecule has 1 saturated carbocycles. The summed E-state index contributed by atoms with van der Waals surface area (Å²) >= 11 is 0. The second-order valence-electron chi connectivity index (χ2n) is 4.16. The van der Waals surface area contributed by atoms with Gasteiger partial charge in [0.15, 0.2) is 0 Å². The van der Waals surface area contributed by atoms with Crippen molar-refractivity contribution in [3.05, 3.63) is 36.0 Å². The molecule has 2 heteroatoms. The summed E-state index contributed by atoms with van der Waals surface area (Å²) in [5.41, 5.74) is 2.01. The second-order valence-corrected chi connectivity index (χ2v) is 4.16. The SMILES string of the molecule is N#Cc1cn(C2CCC2)c2ccccc12. The first-order chi connectivity index (χ1) is 7.40. The van der Waals surface area contributed by atoms with E-state index in [1.165, 1.54) is 24.8 Å². The summed E-state index contributed by atoms with van der Waals surface area (Å²) in [6.45, 7) is 0. The highest BCUT2D eigenvalue weighted by atomic mass is 15.0. The van der Waals surface area contributed by atoms with Gasteiger partial charge in [-0.3, -0.25) is 0 Å². The van der Waals surface area contributed by atoms with Crippen LogP contribution in [0.25, 0.3) is 10.9 Å². The van der Waals surface area contributed by atoms with E-state index < -0.39 is 0 Å². The number of nitrogens with zero attached hydrogens (tertiary/aromatic N) is 2. The first-order valence-corrected chi connectivity index (χ1v) is 5.40. The fourth-order valence-electron chi connectivity index (χ4n) is 2.26. The Morgan fingerprint density at radius 1 is 1.27 bits per heavy atom. The van der Waals surface area contributed by atoms with Crippen molar-refractivity contribution in [2.24, 2.45) is 0 Å². The van der Waals surface area contributed by atoms with Crippen LogP contribution in [0.15, 0.2) is 30.5 Å². The summed E-state index contributed by atoms with van der Waals surface area (Å²) < 4.78 is 2.28. The Hall–Kier alpha value is -1.75. The lowest BCUT2D eigenvalue weighted by molar-refractivity contribution is 0.321. The standard InChI is InChI=1S/C13H12N2/c14-8-10-9-15(11-4-3-5-11)13-7-2-1-6-12(10)13/h1-2,6-7,9,11H,3-5H2. The van der Waals surface area contributed by atoms with Gasteiger partial charge in [0.05, 0.1) is 5.56 Å². The summed E-state index contributed by atoms with van der Waals surface area (Å²) in [6.07, 6.45) is 5.83. The Labute approximate surface area is 88.7 Å². The minimum atomic E-state index is 0.622. The van der Waals surface area contributed by atoms with Gasteiger partial charge in [-0.05, 0) is 25.3 Å². The molecule has 0 aliphatic heterocycles. The lowest BCUT2D eigenvalue weighted by atomic mass is 9.93. The molecule has 74 valence electrons. The third-order valence-corrected chi connectivity index (χ3v) is 3.33. The van der Waals surface area contributed by atoms with Crippen molar-refractivity contribution < 1.29 is 0 Å². The molecule has 1 fully saturated rings. The zero-order chi connectivity index (χ0) is 10.3. The molecule has 0 unspecified atom stereocenters. The number of fused-ring (bicyclic) bond motifs is 1. The van der Waals surface area contributed by atoms with Crippen LogP contribution in [0.2, 0.25) is 0 Å². The van der Waals surface area contributed by atoms with Crippen LogP contribution in [0.3, 0.4) is 0 Å². The minimum Gasteiger partial charge on any atom is -0.343 e. The molecule has 1 aliphatic rings. The first-order valence-electron chi connectivity index (χ1n) is 5.40. The van der Waals surface area contributed by atoms with E-state index in [1.54, 1.807) is 0 Å². The largest absolute Gasteiger partial charge is 0.343 e. The van der Waals surface area contributed by atoms with Crippen LogP contribution in [0.4, 0.5) is 0 Å². The summed E-state index contributed by atoms with van der Waals surface area (Å²) in [6, 6.07) is 11.1. The van der Waals surface area contributed by atoms with Crippen molar-refractivity contribution in [3.63, 3.8) is 0 Å². The smallest absolute Gasteiger partial charge is 0.101 e. The number of hydrogen-bond acceptors (Lipinski definition) is 1. The zero-order valence-corrected chi connectivity index (χ0v) is 8.48. The first kappa shape index (κ1) is 8.55. The van der Waals surface area contributed by atoms with Crippen molar-refractivity contribution >= 4 is 10.9 Å². The summed E-state index contributed by atoms with van der Waals surface area (Å²) in [5.74, 6) is 0. The van der Waals surface area contributed by atoms with Gasteiger partial charge in [-0.25, -0.2) is 0 Å². The number of benzene rings is 1. The van der Waals surface area contributed by atoms with Gasteiger partial charge in [0.1, 0.15) is 6.07 Å². The van der Waals surface area contributed by atoms with Gasteiger partial charge in [-0.2, -0.15) is 5.26 Å². The molecular formula is C13H12N2. The number of aromatic nitrogens is 1. The Bertz CT molecular complexity index is 541. The number of rotatable bonds is 1. The van der Waals surface area contributed by atoms with E-state index in [9.17, 15) is 0 Å². The van der Waals surface area contributed by atoms with E-state index >= 15 is 0 Å². The summed E-state index contributed by atoms with van der Waals surface area (Å²) in [5, 5.41) is 10.1. The normalized spacial score (nSPS) is 16.2. The van der Waals surface area contributed by atoms with Gasteiger partial charge >= 0.3 is 0 Å². The van der Waals surface area contributed by atoms with Crippen molar-refractivity contribution in [3.8, 4) is 6.07 Å². The third-order valence-electron chi connectivity index (χ3n) is 3.33. The van der Waals surface area contributed by atoms with Gasteiger partial charge in [-0.15, -0.1) is 0 Å². The lowest BCUT2D eigenvalue weighted by Crippen LogP contribution is -2.15. The van der Waals surface area contributed by atoms with Crippen LogP contribution in [0.1, 0.15) is 30.9 Å². The highest BCUT2D eigenvalue weighted by Gasteiger charge is 2.21. The Morgan fingerprint density at radius 3 is 2.73 bits per heavy atom.